The van der Waals surface area contributed by atoms with Crippen molar-refractivity contribution in [3.63, 3.8) is 0 Å². The second kappa shape index (κ2) is 10.0. The molecular weight excluding hydrogens is 408 g/mol. The van der Waals surface area contributed by atoms with Crippen LogP contribution in [0.4, 0.5) is 0 Å². The minimum Gasteiger partial charge on any atom is -0.391 e. The number of aliphatic hydroxyl groups excluding tert-OH is 2. The lowest BCUT2D eigenvalue weighted by Gasteiger charge is -2.23. The van der Waals surface area contributed by atoms with E-state index in [0.717, 1.165) is 5.56 Å². The molecule has 3 unspecified atom stereocenters. The molecule has 0 saturated heterocycles. The van der Waals surface area contributed by atoms with E-state index in [1.165, 1.54) is 0 Å². The van der Waals surface area contributed by atoms with Crippen LogP contribution in [0.2, 0.25) is 10.0 Å². The highest BCUT2D eigenvalue weighted by Gasteiger charge is 2.25. The minimum absolute atomic E-state index is 0.0202. The third-order valence-electron chi connectivity index (χ3n) is 4.20. The van der Waals surface area contributed by atoms with Crippen molar-refractivity contribution in [3.8, 4) is 0 Å². The Morgan fingerprint density at radius 1 is 1.07 bits per heavy atom. The molecular formula is C19H24Cl2NO4P. The number of hydrogen-bond donors (Lipinski definition) is 4. The summed E-state index contributed by atoms with van der Waals surface area (Å²) in [6.45, 7) is 1.83. The smallest absolute Gasteiger partial charge is 0.207 e. The Balaban J connectivity index is 1.85. The van der Waals surface area contributed by atoms with Gasteiger partial charge in [-0.3, -0.25) is 4.57 Å². The number of halogens is 2. The molecule has 0 amide bonds. The van der Waals surface area contributed by atoms with Gasteiger partial charge in [-0.05, 0) is 30.2 Å². The van der Waals surface area contributed by atoms with E-state index in [9.17, 15) is 19.7 Å². The Bertz CT molecular complexity index is 791. The molecule has 5 nitrogen and oxygen atoms in total. The minimum atomic E-state index is -3.51. The van der Waals surface area contributed by atoms with Gasteiger partial charge in [-0.25, -0.2) is 0 Å². The number of nitrogens with one attached hydrogen (secondary N) is 1. The van der Waals surface area contributed by atoms with Crippen LogP contribution in [0, 0.1) is 0 Å². The molecule has 2 rings (SSSR count). The predicted octanol–water partition coefficient (Wildman–Crippen LogP) is 3.84. The van der Waals surface area contributed by atoms with Crippen LogP contribution in [0.15, 0.2) is 48.5 Å². The molecule has 0 saturated carbocycles. The number of hydrogen-bond acceptors (Lipinski definition) is 4. The van der Waals surface area contributed by atoms with Gasteiger partial charge < -0.3 is 20.4 Å². The molecule has 4 atom stereocenters. The zero-order valence-electron chi connectivity index (χ0n) is 14.9. The van der Waals surface area contributed by atoms with Crippen molar-refractivity contribution in [2.45, 2.75) is 31.3 Å². The van der Waals surface area contributed by atoms with Gasteiger partial charge >= 0.3 is 0 Å². The summed E-state index contributed by atoms with van der Waals surface area (Å²) in [4.78, 5) is 10.1. The van der Waals surface area contributed by atoms with Crippen LogP contribution in [-0.4, -0.2) is 40.0 Å². The summed E-state index contributed by atoms with van der Waals surface area (Å²) in [5.41, 5.74) is 1.35. The molecule has 0 aliphatic carbocycles. The lowest BCUT2D eigenvalue weighted by molar-refractivity contribution is 0.121. The van der Waals surface area contributed by atoms with Crippen LogP contribution in [-0.2, 0) is 10.7 Å². The molecule has 0 aromatic heterocycles. The van der Waals surface area contributed by atoms with E-state index in [2.05, 4.69) is 5.32 Å². The summed E-state index contributed by atoms with van der Waals surface area (Å²) in [5, 5.41) is 24.3. The summed E-state index contributed by atoms with van der Waals surface area (Å²) >= 11 is 11.8. The van der Waals surface area contributed by atoms with Crippen molar-refractivity contribution < 1.29 is 19.7 Å². The van der Waals surface area contributed by atoms with E-state index < -0.39 is 25.6 Å². The van der Waals surface area contributed by atoms with E-state index >= 15 is 0 Å². The fraction of sp³-hybridized carbons (Fsp3) is 0.368. The highest BCUT2D eigenvalue weighted by molar-refractivity contribution is 7.57. The van der Waals surface area contributed by atoms with E-state index in [4.69, 9.17) is 23.2 Å². The fourth-order valence-electron chi connectivity index (χ4n) is 2.75. The SMILES string of the molecule is CC(NC[C@@H](O)CP(=O)(O)Cc1ccccc1)C(O)c1ccc(Cl)c(Cl)c1. The predicted molar refractivity (Wildman–Crippen MR) is 110 cm³/mol. The Kier molecular flexibility index (Phi) is 8.32. The van der Waals surface area contributed by atoms with Crippen molar-refractivity contribution in [2.75, 3.05) is 12.7 Å². The van der Waals surface area contributed by atoms with Gasteiger partial charge in [0.05, 0.1) is 28.4 Å². The zero-order chi connectivity index (χ0) is 20.0. The zero-order valence-corrected chi connectivity index (χ0v) is 17.3. The number of rotatable bonds is 9. The van der Waals surface area contributed by atoms with Crippen LogP contribution in [0.5, 0.6) is 0 Å². The second-order valence-electron chi connectivity index (χ2n) is 6.64. The van der Waals surface area contributed by atoms with Gasteiger partial charge in [-0.15, -0.1) is 0 Å². The van der Waals surface area contributed by atoms with Gasteiger partial charge in [0.15, 0.2) is 0 Å². The standard InChI is InChI=1S/C19H24Cl2NO4P/c1-13(19(24)15-7-8-17(20)18(21)9-15)22-10-16(23)12-27(25,26)11-14-5-3-2-4-6-14/h2-9,13,16,19,22-24H,10-12H2,1H3,(H,25,26)/t13?,16-,19?/m1/s1. The Labute approximate surface area is 169 Å². The van der Waals surface area contributed by atoms with Crippen molar-refractivity contribution in [1.82, 2.24) is 5.32 Å². The highest BCUT2D eigenvalue weighted by atomic mass is 35.5. The largest absolute Gasteiger partial charge is 0.391 e. The maximum Gasteiger partial charge on any atom is 0.207 e. The summed E-state index contributed by atoms with van der Waals surface area (Å²) in [6.07, 6.45) is -2.07. The first-order valence-corrected chi connectivity index (χ1v) is 11.4. The fourth-order valence-corrected chi connectivity index (χ4v) is 4.75. The van der Waals surface area contributed by atoms with Gasteiger partial charge in [-0.1, -0.05) is 59.6 Å². The Hall–Kier alpha value is -0.910. The molecule has 148 valence electrons. The van der Waals surface area contributed by atoms with Gasteiger partial charge in [0.1, 0.15) is 0 Å². The van der Waals surface area contributed by atoms with Gasteiger partial charge in [-0.2, -0.15) is 0 Å². The summed E-state index contributed by atoms with van der Waals surface area (Å²) in [7, 11) is -3.51. The third-order valence-corrected chi connectivity index (χ3v) is 6.79. The topological polar surface area (TPSA) is 89.8 Å². The van der Waals surface area contributed by atoms with Crippen LogP contribution >= 0.6 is 30.6 Å². The van der Waals surface area contributed by atoms with E-state index in [0.29, 0.717) is 15.6 Å². The molecule has 2 aromatic carbocycles. The molecule has 0 fully saturated rings. The Morgan fingerprint density at radius 2 is 1.74 bits per heavy atom. The van der Waals surface area contributed by atoms with Crippen molar-refractivity contribution in [3.05, 3.63) is 69.7 Å². The molecule has 0 bridgehead atoms. The first kappa shape index (κ1) is 22.4. The summed E-state index contributed by atoms with van der Waals surface area (Å²) in [5.74, 6) is 0. The van der Waals surface area contributed by atoms with E-state index in [1.807, 2.05) is 6.07 Å². The lowest BCUT2D eigenvalue weighted by atomic mass is 10.0. The van der Waals surface area contributed by atoms with E-state index in [1.54, 1.807) is 49.4 Å². The van der Waals surface area contributed by atoms with Crippen LogP contribution in [0.3, 0.4) is 0 Å². The van der Waals surface area contributed by atoms with Gasteiger partial charge in [0.2, 0.25) is 7.37 Å². The van der Waals surface area contributed by atoms with Crippen LogP contribution in [0.1, 0.15) is 24.2 Å². The third kappa shape index (κ3) is 7.20. The van der Waals surface area contributed by atoms with Crippen molar-refractivity contribution in [1.29, 1.82) is 0 Å². The first-order chi connectivity index (χ1) is 12.7. The highest BCUT2D eigenvalue weighted by Crippen LogP contribution is 2.44. The molecule has 0 aliphatic rings. The molecule has 0 aliphatic heterocycles. The summed E-state index contributed by atoms with van der Waals surface area (Å²) < 4.78 is 12.4. The average molecular weight is 432 g/mol. The lowest BCUT2D eigenvalue weighted by Crippen LogP contribution is -2.38. The van der Waals surface area contributed by atoms with Gasteiger partial charge in [0, 0.05) is 18.7 Å². The Morgan fingerprint density at radius 3 is 2.37 bits per heavy atom. The molecule has 8 heteroatoms. The average Bonchev–Trinajstić information content (AvgIpc) is 2.61. The van der Waals surface area contributed by atoms with Crippen LogP contribution < -0.4 is 5.32 Å². The quantitative estimate of drug-likeness (QED) is 0.453. The molecule has 4 N–H and O–H groups in total. The molecule has 0 spiro atoms. The monoisotopic (exact) mass is 431 g/mol. The number of benzene rings is 2. The van der Waals surface area contributed by atoms with Crippen molar-refractivity contribution >= 4 is 30.6 Å². The molecule has 2 aromatic rings. The molecule has 0 radical (unpaired) electrons. The number of aliphatic hydroxyl groups is 2. The van der Waals surface area contributed by atoms with Crippen LogP contribution in [0.25, 0.3) is 0 Å². The maximum atomic E-state index is 12.4. The van der Waals surface area contributed by atoms with Gasteiger partial charge in [0.25, 0.3) is 0 Å². The first-order valence-electron chi connectivity index (χ1n) is 8.57. The molecule has 27 heavy (non-hydrogen) atoms. The van der Waals surface area contributed by atoms with Crippen molar-refractivity contribution in [2.24, 2.45) is 0 Å². The second-order valence-corrected chi connectivity index (χ2v) is 9.83. The maximum absolute atomic E-state index is 12.4. The molecule has 0 heterocycles. The van der Waals surface area contributed by atoms with E-state index in [-0.39, 0.29) is 18.9 Å². The normalized spacial score (nSPS) is 17.1. The summed E-state index contributed by atoms with van der Waals surface area (Å²) in [6, 6.07) is 13.5.